The molecule has 0 aromatic heterocycles. The first-order valence-corrected chi connectivity index (χ1v) is 7.76. The van der Waals surface area contributed by atoms with E-state index in [4.69, 9.17) is 18.0 Å². The molecule has 0 spiro atoms. The predicted molar refractivity (Wildman–Crippen MR) is 92.1 cm³/mol. The van der Waals surface area contributed by atoms with E-state index in [1.54, 1.807) is 0 Å². The summed E-state index contributed by atoms with van der Waals surface area (Å²) in [5.41, 5.74) is 6.86. The van der Waals surface area contributed by atoms with Gasteiger partial charge in [0.1, 0.15) is 0 Å². The number of amides is 1. The number of carbonyl (C=O) groups is 1. The van der Waals surface area contributed by atoms with E-state index in [9.17, 15) is 4.79 Å². The van der Waals surface area contributed by atoms with Crippen molar-refractivity contribution in [1.82, 2.24) is 5.32 Å². The van der Waals surface area contributed by atoms with Gasteiger partial charge in [-0.05, 0) is 23.3 Å². The number of benzene rings is 1. The van der Waals surface area contributed by atoms with Gasteiger partial charge < -0.3 is 11.1 Å². The zero-order chi connectivity index (χ0) is 16.0. The number of carbonyl (C=O) groups excluding carboxylic acids is 1. The maximum absolute atomic E-state index is 12.4. The molecular formula is C17H26N2OS. The summed E-state index contributed by atoms with van der Waals surface area (Å²) in [5.74, 6) is -0.0550. The van der Waals surface area contributed by atoms with E-state index in [0.717, 1.165) is 5.56 Å². The molecule has 1 atom stereocenters. The van der Waals surface area contributed by atoms with Crippen LogP contribution >= 0.6 is 12.2 Å². The SMILES string of the molecule is CC(C)C(C)(C)CNC(=O)C(Cc1ccccc1)C(N)=S. The quantitative estimate of drug-likeness (QED) is 0.762. The van der Waals surface area contributed by atoms with Crippen molar-refractivity contribution in [2.45, 2.75) is 34.1 Å². The molecule has 0 aliphatic heterocycles. The summed E-state index contributed by atoms with van der Waals surface area (Å²) in [5, 5.41) is 3.00. The third-order valence-corrected chi connectivity index (χ3v) is 4.51. The van der Waals surface area contributed by atoms with Crippen LogP contribution in [0.1, 0.15) is 33.3 Å². The van der Waals surface area contributed by atoms with Crippen LogP contribution in [0.15, 0.2) is 30.3 Å². The normalized spacial score (nSPS) is 13.0. The van der Waals surface area contributed by atoms with Crippen molar-refractivity contribution >= 4 is 23.1 Å². The largest absolute Gasteiger partial charge is 0.393 e. The Morgan fingerprint density at radius 2 is 1.86 bits per heavy atom. The van der Waals surface area contributed by atoms with Crippen LogP contribution in [0.25, 0.3) is 0 Å². The highest BCUT2D eigenvalue weighted by Gasteiger charge is 2.26. The topological polar surface area (TPSA) is 55.1 Å². The molecule has 1 rings (SSSR count). The average Bonchev–Trinajstić information content (AvgIpc) is 2.43. The maximum atomic E-state index is 12.4. The lowest BCUT2D eigenvalue weighted by Gasteiger charge is -2.30. The van der Waals surface area contributed by atoms with Gasteiger partial charge in [-0.3, -0.25) is 4.79 Å². The molecule has 1 unspecified atom stereocenters. The van der Waals surface area contributed by atoms with Crippen LogP contribution < -0.4 is 11.1 Å². The molecule has 0 bridgehead atoms. The zero-order valence-corrected chi connectivity index (χ0v) is 14.2. The second kappa shape index (κ2) is 7.55. The Bertz CT molecular complexity index is 483. The van der Waals surface area contributed by atoms with Crippen LogP contribution in [-0.4, -0.2) is 17.4 Å². The van der Waals surface area contributed by atoms with Crippen LogP contribution in [0.4, 0.5) is 0 Å². The lowest BCUT2D eigenvalue weighted by Crippen LogP contribution is -2.43. The third-order valence-electron chi connectivity index (χ3n) is 4.22. The fourth-order valence-corrected chi connectivity index (χ4v) is 2.00. The van der Waals surface area contributed by atoms with E-state index < -0.39 is 5.92 Å². The first kappa shape index (κ1) is 17.6. The predicted octanol–water partition coefficient (Wildman–Crippen LogP) is 2.93. The molecule has 1 aromatic rings. The molecule has 0 aliphatic rings. The standard InChI is InChI=1S/C17H26N2OS/c1-12(2)17(3,4)11-19-16(20)14(15(18)21)10-13-8-6-5-7-9-13/h5-9,12,14H,10-11H2,1-4H3,(H2,18,21)(H,19,20). The van der Waals surface area contributed by atoms with E-state index >= 15 is 0 Å². The minimum absolute atomic E-state index is 0.0448. The molecule has 0 radical (unpaired) electrons. The third kappa shape index (κ3) is 5.46. The number of thiocarbonyl (C=S) groups is 1. The summed E-state index contributed by atoms with van der Waals surface area (Å²) in [7, 11) is 0. The van der Waals surface area contributed by atoms with E-state index in [1.807, 2.05) is 30.3 Å². The first-order chi connectivity index (χ1) is 9.74. The molecular weight excluding hydrogens is 280 g/mol. The van der Waals surface area contributed by atoms with Gasteiger partial charge in [0.05, 0.1) is 10.9 Å². The van der Waals surface area contributed by atoms with Gasteiger partial charge in [-0.1, -0.05) is 70.2 Å². The van der Waals surface area contributed by atoms with Gasteiger partial charge in [0, 0.05) is 6.54 Å². The molecule has 1 amide bonds. The lowest BCUT2D eigenvalue weighted by atomic mass is 9.81. The van der Waals surface area contributed by atoms with Crippen LogP contribution in [0.2, 0.25) is 0 Å². The minimum atomic E-state index is -0.453. The Morgan fingerprint density at radius 3 is 2.33 bits per heavy atom. The monoisotopic (exact) mass is 306 g/mol. The highest BCUT2D eigenvalue weighted by atomic mass is 32.1. The van der Waals surface area contributed by atoms with Crippen LogP contribution in [-0.2, 0) is 11.2 Å². The first-order valence-electron chi connectivity index (χ1n) is 7.35. The number of nitrogens with one attached hydrogen (secondary N) is 1. The van der Waals surface area contributed by atoms with Crippen molar-refractivity contribution in [2.75, 3.05) is 6.54 Å². The van der Waals surface area contributed by atoms with Gasteiger partial charge in [-0.25, -0.2) is 0 Å². The molecule has 0 aliphatic carbocycles. The molecule has 21 heavy (non-hydrogen) atoms. The van der Waals surface area contributed by atoms with Crippen molar-refractivity contribution in [1.29, 1.82) is 0 Å². The fourth-order valence-electron chi connectivity index (χ4n) is 1.81. The van der Waals surface area contributed by atoms with Crippen molar-refractivity contribution in [2.24, 2.45) is 23.0 Å². The smallest absolute Gasteiger partial charge is 0.230 e. The summed E-state index contributed by atoms with van der Waals surface area (Å²) in [6, 6.07) is 9.81. The number of rotatable bonds is 7. The van der Waals surface area contributed by atoms with Crippen molar-refractivity contribution in [3.63, 3.8) is 0 Å². The summed E-state index contributed by atoms with van der Waals surface area (Å²) < 4.78 is 0. The van der Waals surface area contributed by atoms with Crippen LogP contribution in [0, 0.1) is 17.3 Å². The number of hydrogen-bond acceptors (Lipinski definition) is 2. The molecule has 1 aromatic carbocycles. The molecule has 3 nitrogen and oxygen atoms in total. The molecule has 0 saturated carbocycles. The van der Waals surface area contributed by atoms with Crippen molar-refractivity contribution in [3.05, 3.63) is 35.9 Å². The van der Waals surface area contributed by atoms with Gasteiger partial charge in [-0.15, -0.1) is 0 Å². The minimum Gasteiger partial charge on any atom is -0.393 e. The molecule has 3 N–H and O–H groups in total. The van der Waals surface area contributed by atoms with E-state index in [0.29, 0.717) is 18.9 Å². The second-order valence-corrected chi connectivity index (χ2v) is 6.98. The van der Waals surface area contributed by atoms with Crippen LogP contribution in [0.3, 0.4) is 0 Å². The molecule has 0 fully saturated rings. The van der Waals surface area contributed by atoms with Gasteiger partial charge in [0.25, 0.3) is 0 Å². The lowest BCUT2D eigenvalue weighted by molar-refractivity contribution is -0.123. The summed E-state index contributed by atoms with van der Waals surface area (Å²) in [6.07, 6.45) is 0.546. The highest BCUT2D eigenvalue weighted by Crippen LogP contribution is 2.24. The molecule has 116 valence electrons. The summed E-state index contributed by atoms with van der Waals surface area (Å²) in [6.45, 7) is 9.22. The Kier molecular flexibility index (Phi) is 6.34. The number of nitrogens with two attached hydrogens (primary N) is 1. The maximum Gasteiger partial charge on any atom is 0.230 e. The Balaban J connectivity index is 2.69. The van der Waals surface area contributed by atoms with Gasteiger partial charge in [0.2, 0.25) is 5.91 Å². The number of hydrogen-bond donors (Lipinski definition) is 2. The summed E-state index contributed by atoms with van der Waals surface area (Å²) in [4.78, 5) is 12.6. The second-order valence-electron chi connectivity index (χ2n) is 6.51. The molecule has 0 saturated heterocycles. The van der Waals surface area contributed by atoms with Crippen LogP contribution in [0.5, 0.6) is 0 Å². The van der Waals surface area contributed by atoms with Gasteiger partial charge in [-0.2, -0.15) is 0 Å². The Morgan fingerprint density at radius 1 is 1.29 bits per heavy atom. The Labute approximate surface area is 133 Å². The highest BCUT2D eigenvalue weighted by molar-refractivity contribution is 7.80. The fraction of sp³-hybridized carbons (Fsp3) is 0.529. The van der Waals surface area contributed by atoms with E-state index in [2.05, 4.69) is 33.0 Å². The van der Waals surface area contributed by atoms with E-state index in [-0.39, 0.29) is 16.3 Å². The van der Waals surface area contributed by atoms with Gasteiger partial charge >= 0.3 is 0 Å². The summed E-state index contributed by atoms with van der Waals surface area (Å²) >= 11 is 5.07. The van der Waals surface area contributed by atoms with Gasteiger partial charge in [0.15, 0.2) is 0 Å². The Hall–Kier alpha value is -1.42. The van der Waals surface area contributed by atoms with E-state index in [1.165, 1.54) is 0 Å². The molecule has 4 heteroatoms. The van der Waals surface area contributed by atoms with Crippen molar-refractivity contribution in [3.8, 4) is 0 Å². The average molecular weight is 306 g/mol. The molecule has 0 heterocycles. The zero-order valence-electron chi connectivity index (χ0n) is 13.3. The van der Waals surface area contributed by atoms with Crippen molar-refractivity contribution < 1.29 is 4.79 Å².